The summed E-state index contributed by atoms with van der Waals surface area (Å²) in [6, 6.07) is 2.56. The van der Waals surface area contributed by atoms with Crippen molar-refractivity contribution < 1.29 is 23.1 Å². The molecule has 2 N–H and O–H groups in total. The standard InChI is InChI=1S/C13H16BrNO5S/c1-8-10(14)5-9(12(16)17)6-11(8)21(18,19)15-13(2)3-4-20-7-13/h5-6,15H,3-4,7H2,1-2H3,(H,16,17). The van der Waals surface area contributed by atoms with Gasteiger partial charge in [-0.2, -0.15) is 0 Å². The third-order valence-electron chi connectivity index (χ3n) is 3.43. The van der Waals surface area contributed by atoms with E-state index in [2.05, 4.69) is 20.7 Å². The Morgan fingerprint density at radius 3 is 2.67 bits per heavy atom. The van der Waals surface area contributed by atoms with E-state index in [0.29, 0.717) is 29.7 Å². The molecule has 1 atom stereocenters. The molecule has 0 aliphatic carbocycles. The molecule has 1 unspecified atom stereocenters. The van der Waals surface area contributed by atoms with Crippen LogP contribution in [0.5, 0.6) is 0 Å². The minimum absolute atomic E-state index is 0.0394. The minimum atomic E-state index is -3.83. The summed E-state index contributed by atoms with van der Waals surface area (Å²) < 4.78 is 33.4. The van der Waals surface area contributed by atoms with Crippen molar-refractivity contribution >= 4 is 31.9 Å². The summed E-state index contributed by atoms with van der Waals surface area (Å²) in [7, 11) is -3.83. The Morgan fingerprint density at radius 2 is 2.14 bits per heavy atom. The number of nitrogens with one attached hydrogen (secondary N) is 1. The van der Waals surface area contributed by atoms with Gasteiger partial charge in [-0.05, 0) is 38.0 Å². The third kappa shape index (κ3) is 3.45. The van der Waals surface area contributed by atoms with Crippen molar-refractivity contribution in [1.29, 1.82) is 0 Å². The van der Waals surface area contributed by atoms with E-state index in [1.165, 1.54) is 12.1 Å². The highest BCUT2D eigenvalue weighted by molar-refractivity contribution is 9.10. The first-order valence-corrected chi connectivity index (χ1v) is 8.57. The molecule has 1 aliphatic rings. The number of sulfonamides is 1. The highest BCUT2D eigenvalue weighted by Gasteiger charge is 2.35. The van der Waals surface area contributed by atoms with Crippen LogP contribution in [0.1, 0.15) is 29.3 Å². The van der Waals surface area contributed by atoms with E-state index in [9.17, 15) is 13.2 Å². The fraction of sp³-hybridized carbons (Fsp3) is 0.462. The van der Waals surface area contributed by atoms with Crippen LogP contribution < -0.4 is 4.72 Å². The van der Waals surface area contributed by atoms with Gasteiger partial charge in [-0.1, -0.05) is 15.9 Å². The molecule has 8 heteroatoms. The van der Waals surface area contributed by atoms with E-state index in [0.717, 1.165) is 0 Å². The Hall–Kier alpha value is -0.960. The van der Waals surface area contributed by atoms with Gasteiger partial charge in [0.2, 0.25) is 10.0 Å². The number of rotatable bonds is 4. The normalized spacial score (nSPS) is 22.4. The summed E-state index contributed by atoms with van der Waals surface area (Å²) in [5.74, 6) is -1.18. The molecule has 0 amide bonds. The summed E-state index contributed by atoms with van der Waals surface area (Å²) in [5, 5.41) is 9.07. The molecule has 0 saturated carbocycles. The molecule has 1 heterocycles. The minimum Gasteiger partial charge on any atom is -0.478 e. The van der Waals surface area contributed by atoms with Crippen molar-refractivity contribution in [2.75, 3.05) is 13.2 Å². The second-order valence-electron chi connectivity index (χ2n) is 5.36. The molecule has 0 bridgehead atoms. The van der Waals surface area contributed by atoms with Gasteiger partial charge in [0, 0.05) is 11.1 Å². The summed E-state index contributed by atoms with van der Waals surface area (Å²) in [4.78, 5) is 11.1. The number of carboxylic acids is 1. The Bertz CT molecular complexity index is 680. The van der Waals surface area contributed by atoms with Gasteiger partial charge in [-0.3, -0.25) is 0 Å². The molecule has 0 spiro atoms. The molecule has 1 aromatic carbocycles. The quantitative estimate of drug-likeness (QED) is 0.835. The predicted molar refractivity (Wildman–Crippen MR) is 80.0 cm³/mol. The molecule has 21 heavy (non-hydrogen) atoms. The zero-order valence-corrected chi connectivity index (χ0v) is 14.0. The molecule has 116 valence electrons. The Balaban J connectivity index is 2.46. The molecule has 6 nitrogen and oxygen atoms in total. The first-order valence-electron chi connectivity index (χ1n) is 6.30. The van der Waals surface area contributed by atoms with Crippen molar-refractivity contribution in [3.63, 3.8) is 0 Å². The van der Waals surface area contributed by atoms with E-state index in [4.69, 9.17) is 9.84 Å². The Kier molecular flexibility index (Phi) is 4.44. The molecule has 1 aromatic rings. The van der Waals surface area contributed by atoms with E-state index in [1.807, 2.05) is 0 Å². The van der Waals surface area contributed by atoms with Crippen LogP contribution in [0.4, 0.5) is 0 Å². The molecule has 1 fully saturated rings. The van der Waals surface area contributed by atoms with Crippen molar-refractivity contribution in [3.05, 3.63) is 27.7 Å². The maximum Gasteiger partial charge on any atom is 0.335 e. The summed E-state index contributed by atoms with van der Waals surface area (Å²) in [5.41, 5.74) is -0.285. The van der Waals surface area contributed by atoms with Crippen molar-refractivity contribution in [2.45, 2.75) is 30.7 Å². The zero-order chi connectivity index (χ0) is 15.8. The maximum atomic E-state index is 12.6. The lowest BCUT2D eigenvalue weighted by molar-refractivity contribution is 0.0696. The van der Waals surface area contributed by atoms with Gasteiger partial charge in [0.05, 0.1) is 22.6 Å². The molecule has 1 saturated heterocycles. The molecule has 1 aliphatic heterocycles. The average Bonchev–Trinajstić information content (AvgIpc) is 2.77. The average molecular weight is 378 g/mol. The summed E-state index contributed by atoms with van der Waals surface area (Å²) in [6.45, 7) is 4.18. The van der Waals surface area contributed by atoms with Crippen LogP contribution in [0, 0.1) is 6.92 Å². The lowest BCUT2D eigenvalue weighted by Gasteiger charge is -2.24. The summed E-state index contributed by atoms with van der Waals surface area (Å²) in [6.07, 6.45) is 0.574. The van der Waals surface area contributed by atoms with Crippen LogP contribution in [0.2, 0.25) is 0 Å². The molecular formula is C13H16BrNO5S. The number of benzene rings is 1. The van der Waals surface area contributed by atoms with E-state index < -0.39 is 21.5 Å². The predicted octanol–water partition coefficient (Wildman–Crippen LogP) is 1.91. The van der Waals surface area contributed by atoms with E-state index >= 15 is 0 Å². The van der Waals surface area contributed by atoms with Gasteiger partial charge in [-0.15, -0.1) is 0 Å². The number of hydrogen-bond acceptors (Lipinski definition) is 4. The van der Waals surface area contributed by atoms with Crippen LogP contribution in [0.3, 0.4) is 0 Å². The zero-order valence-electron chi connectivity index (χ0n) is 11.6. The SMILES string of the molecule is Cc1c(Br)cc(C(=O)O)cc1S(=O)(=O)NC1(C)CCOC1. The molecule has 0 radical (unpaired) electrons. The van der Waals surface area contributed by atoms with Crippen LogP contribution in [0.25, 0.3) is 0 Å². The van der Waals surface area contributed by atoms with E-state index in [-0.39, 0.29) is 10.5 Å². The van der Waals surface area contributed by atoms with Crippen molar-refractivity contribution in [2.24, 2.45) is 0 Å². The number of aromatic carboxylic acids is 1. The maximum absolute atomic E-state index is 12.6. The van der Waals surface area contributed by atoms with Crippen molar-refractivity contribution in [1.82, 2.24) is 4.72 Å². The third-order valence-corrected chi connectivity index (χ3v) is 6.02. The highest BCUT2D eigenvalue weighted by atomic mass is 79.9. The van der Waals surface area contributed by atoms with E-state index in [1.54, 1.807) is 13.8 Å². The Morgan fingerprint density at radius 1 is 1.48 bits per heavy atom. The van der Waals surface area contributed by atoms with Crippen molar-refractivity contribution in [3.8, 4) is 0 Å². The number of ether oxygens (including phenoxy) is 1. The molecule has 0 aromatic heterocycles. The van der Waals surface area contributed by atoms with Gasteiger partial charge in [0.15, 0.2) is 0 Å². The number of halogens is 1. The fourth-order valence-electron chi connectivity index (χ4n) is 2.18. The largest absolute Gasteiger partial charge is 0.478 e. The number of carbonyl (C=O) groups is 1. The Labute approximate surface area is 131 Å². The van der Waals surface area contributed by atoms with Gasteiger partial charge in [0.25, 0.3) is 0 Å². The molecular weight excluding hydrogens is 362 g/mol. The summed E-state index contributed by atoms with van der Waals surface area (Å²) >= 11 is 3.20. The second kappa shape index (κ2) is 5.68. The monoisotopic (exact) mass is 377 g/mol. The van der Waals surface area contributed by atoms with Gasteiger partial charge >= 0.3 is 5.97 Å². The number of hydrogen-bond donors (Lipinski definition) is 2. The fourth-order valence-corrected chi connectivity index (χ4v) is 4.49. The van der Waals surface area contributed by atoms with Crippen LogP contribution >= 0.6 is 15.9 Å². The highest BCUT2D eigenvalue weighted by Crippen LogP contribution is 2.28. The van der Waals surface area contributed by atoms with Crippen LogP contribution in [-0.2, 0) is 14.8 Å². The number of carboxylic acid groups (broad SMARTS) is 1. The lowest BCUT2D eigenvalue weighted by atomic mass is 10.0. The van der Waals surface area contributed by atoms with Crippen LogP contribution in [0.15, 0.2) is 21.5 Å². The smallest absolute Gasteiger partial charge is 0.335 e. The van der Waals surface area contributed by atoms with Gasteiger partial charge in [-0.25, -0.2) is 17.9 Å². The topological polar surface area (TPSA) is 92.7 Å². The van der Waals surface area contributed by atoms with Gasteiger partial charge < -0.3 is 9.84 Å². The second-order valence-corrected chi connectivity index (χ2v) is 7.86. The first-order chi connectivity index (χ1) is 9.65. The lowest BCUT2D eigenvalue weighted by Crippen LogP contribution is -2.46. The van der Waals surface area contributed by atoms with Crippen LogP contribution in [-0.4, -0.2) is 38.2 Å². The first kappa shape index (κ1) is 16.4. The van der Waals surface area contributed by atoms with Gasteiger partial charge in [0.1, 0.15) is 0 Å². The molecule has 2 rings (SSSR count).